The topological polar surface area (TPSA) is 95.6 Å². The fourth-order valence-corrected chi connectivity index (χ4v) is 4.28. The molecule has 2 unspecified atom stereocenters. The summed E-state index contributed by atoms with van der Waals surface area (Å²) in [5.74, 6) is -3.45. The second-order valence-corrected chi connectivity index (χ2v) is 8.29. The van der Waals surface area contributed by atoms with Gasteiger partial charge in [0.15, 0.2) is 6.04 Å². The molecule has 4 rings (SSSR count). The Balaban J connectivity index is 1.56. The zero-order chi connectivity index (χ0) is 24.8. The van der Waals surface area contributed by atoms with Gasteiger partial charge in [-0.15, -0.1) is 0 Å². The highest BCUT2D eigenvalue weighted by Crippen LogP contribution is 2.37. The maximum Gasteiger partial charge on any atom is 0.412 e. The summed E-state index contributed by atoms with van der Waals surface area (Å²) < 4.78 is 54.3. The van der Waals surface area contributed by atoms with E-state index < -0.39 is 58.3 Å². The van der Waals surface area contributed by atoms with E-state index in [1.54, 1.807) is 0 Å². The van der Waals surface area contributed by atoms with Crippen LogP contribution in [0, 0.1) is 5.82 Å². The number of nitrogens with one attached hydrogen (secondary N) is 2. The van der Waals surface area contributed by atoms with Crippen LogP contribution < -0.4 is 10.6 Å². The number of fused-ring (bicyclic) bond motifs is 1. The van der Waals surface area contributed by atoms with Crippen molar-refractivity contribution in [2.75, 3.05) is 0 Å². The third-order valence-electron chi connectivity index (χ3n) is 5.66. The first-order valence-electron chi connectivity index (χ1n) is 10.1. The lowest BCUT2D eigenvalue weighted by atomic mass is 10.0. The number of imide groups is 1. The van der Waals surface area contributed by atoms with E-state index in [4.69, 9.17) is 11.6 Å². The van der Waals surface area contributed by atoms with E-state index in [0.717, 1.165) is 12.1 Å². The number of piperidine rings is 1. The third kappa shape index (κ3) is 4.47. The Labute approximate surface area is 195 Å². The highest BCUT2D eigenvalue weighted by Gasteiger charge is 2.43. The molecule has 0 radical (unpaired) electrons. The lowest BCUT2D eigenvalue weighted by Gasteiger charge is -2.29. The van der Waals surface area contributed by atoms with Crippen LogP contribution in [0.2, 0.25) is 5.02 Å². The molecule has 0 bridgehead atoms. The molecule has 34 heavy (non-hydrogen) atoms. The summed E-state index contributed by atoms with van der Waals surface area (Å²) in [5, 5.41) is 3.54. The second-order valence-electron chi connectivity index (χ2n) is 7.89. The molecule has 1 saturated heterocycles. The monoisotopic (exact) mass is 497 g/mol. The summed E-state index contributed by atoms with van der Waals surface area (Å²) in [6, 6.07) is 2.76. The molecular formula is C22H16ClF4N3O4. The number of rotatable bonds is 4. The molecular weight excluding hydrogens is 482 g/mol. The van der Waals surface area contributed by atoms with E-state index in [1.807, 2.05) is 5.32 Å². The summed E-state index contributed by atoms with van der Waals surface area (Å²) in [5.41, 5.74) is -0.116. The van der Waals surface area contributed by atoms with E-state index in [-0.39, 0.29) is 30.5 Å². The first-order chi connectivity index (χ1) is 16.0. The van der Waals surface area contributed by atoms with Crippen LogP contribution in [0.25, 0.3) is 0 Å². The second kappa shape index (κ2) is 8.71. The van der Waals surface area contributed by atoms with Crippen molar-refractivity contribution in [1.82, 2.24) is 15.5 Å². The van der Waals surface area contributed by atoms with Crippen molar-refractivity contribution in [3.05, 3.63) is 69.5 Å². The quantitative estimate of drug-likeness (QED) is 0.500. The van der Waals surface area contributed by atoms with Crippen LogP contribution in [0.15, 0.2) is 36.4 Å². The van der Waals surface area contributed by atoms with Gasteiger partial charge in [0, 0.05) is 34.7 Å². The molecule has 0 aliphatic carbocycles. The van der Waals surface area contributed by atoms with Crippen molar-refractivity contribution in [1.29, 1.82) is 0 Å². The van der Waals surface area contributed by atoms with Crippen LogP contribution in [0.1, 0.15) is 50.7 Å². The van der Waals surface area contributed by atoms with E-state index in [1.165, 1.54) is 23.1 Å². The van der Waals surface area contributed by atoms with Gasteiger partial charge < -0.3 is 10.2 Å². The number of halogens is 5. The Morgan fingerprint density at radius 3 is 2.53 bits per heavy atom. The summed E-state index contributed by atoms with van der Waals surface area (Å²) >= 11 is 5.78. The van der Waals surface area contributed by atoms with Gasteiger partial charge in [-0.05, 0) is 42.3 Å². The van der Waals surface area contributed by atoms with E-state index in [9.17, 15) is 36.7 Å². The molecule has 2 N–H and O–H groups in total. The predicted octanol–water partition coefficient (Wildman–Crippen LogP) is 3.27. The molecule has 2 aliphatic rings. The lowest BCUT2D eigenvalue weighted by Crippen LogP contribution is -2.52. The minimum atomic E-state index is -4.92. The van der Waals surface area contributed by atoms with Gasteiger partial charge in [0.05, 0.1) is 0 Å². The number of hydrogen-bond donors (Lipinski definition) is 2. The number of alkyl halides is 3. The maximum atomic E-state index is 13.7. The highest BCUT2D eigenvalue weighted by molar-refractivity contribution is 6.31. The largest absolute Gasteiger partial charge is 0.412 e. The molecule has 178 valence electrons. The molecule has 0 aromatic heterocycles. The minimum absolute atomic E-state index is 0.0476. The van der Waals surface area contributed by atoms with Gasteiger partial charge in [-0.2, -0.15) is 13.2 Å². The smallest absolute Gasteiger partial charge is 0.337 e. The van der Waals surface area contributed by atoms with Crippen molar-refractivity contribution in [3.8, 4) is 0 Å². The summed E-state index contributed by atoms with van der Waals surface area (Å²) in [6.45, 7) is -0.0476. The van der Waals surface area contributed by atoms with Crippen molar-refractivity contribution in [3.63, 3.8) is 0 Å². The van der Waals surface area contributed by atoms with Crippen LogP contribution in [-0.2, 0) is 16.1 Å². The molecule has 2 heterocycles. The zero-order valence-electron chi connectivity index (χ0n) is 17.2. The third-order valence-corrected chi connectivity index (χ3v) is 5.99. The number of nitrogens with zero attached hydrogens (tertiary/aromatic N) is 1. The van der Waals surface area contributed by atoms with Crippen LogP contribution in [0.4, 0.5) is 17.6 Å². The van der Waals surface area contributed by atoms with Crippen molar-refractivity contribution >= 4 is 35.2 Å². The first kappa shape index (κ1) is 23.7. The standard InChI is InChI=1S/C22H16ClF4N3O4/c23-15-8-12(24)2-4-14(15)18(22(25,26)27)29-19(32)10-1-3-13-11(7-10)9-30(21(13)34)16-5-6-17(31)28-20(16)33/h1-4,7-8,16,18H,5-6,9H2,(H,29,32)(H,28,31,33). The molecule has 2 aromatic carbocycles. The van der Waals surface area contributed by atoms with Gasteiger partial charge in [-0.25, -0.2) is 4.39 Å². The molecule has 2 aliphatic heterocycles. The van der Waals surface area contributed by atoms with Crippen LogP contribution in [0.3, 0.4) is 0 Å². The summed E-state index contributed by atoms with van der Waals surface area (Å²) in [6.07, 6.45) is -4.72. The van der Waals surface area contributed by atoms with Gasteiger partial charge in [0.1, 0.15) is 11.9 Å². The Morgan fingerprint density at radius 1 is 1.15 bits per heavy atom. The van der Waals surface area contributed by atoms with Crippen molar-refractivity contribution in [2.24, 2.45) is 0 Å². The predicted molar refractivity (Wildman–Crippen MR) is 110 cm³/mol. The molecule has 2 atom stereocenters. The van der Waals surface area contributed by atoms with E-state index >= 15 is 0 Å². The average Bonchev–Trinajstić information content (AvgIpc) is 3.07. The molecule has 7 nitrogen and oxygen atoms in total. The van der Waals surface area contributed by atoms with Gasteiger partial charge in [0.2, 0.25) is 11.8 Å². The molecule has 2 aromatic rings. The van der Waals surface area contributed by atoms with Gasteiger partial charge in [-0.1, -0.05) is 17.7 Å². The van der Waals surface area contributed by atoms with Crippen molar-refractivity contribution in [2.45, 2.75) is 37.6 Å². The maximum absolute atomic E-state index is 13.7. The SMILES string of the molecule is O=C1CCC(N2Cc3cc(C(=O)NC(c4ccc(F)cc4Cl)C(F)(F)F)ccc3C2=O)C(=O)N1. The fourth-order valence-electron chi connectivity index (χ4n) is 4.00. The number of amides is 4. The number of hydrogen-bond acceptors (Lipinski definition) is 4. The van der Waals surface area contributed by atoms with Crippen LogP contribution in [0.5, 0.6) is 0 Å². The summed E-state index contributed by atoms with van der Waals surface area (Å²) in [4.78, 5) is 50.2. The zero-order valence-corrected chi connectivity index (χ0v) is 18.0. The Hall–Kier alpha value is -3.47. The normalized spacial score (nSPS) is 19.0. The summed E-state index contributed by atoms with van der Waals surface area (Å²) in [7, 11) is 0. The lowest BCUT2D eigenvalue weighted by molar-refractivity contribution is -0.155. The molecule has 0 spiro atoms. The Morgan fingerprint density at radius 2 is 1.88 bits per heavy atom. The molecule has 0 saturated carbocycles. The van der Waals surface area contributed by atoms with Crippen LogP contribution in [-0.4, -0.2) is 40.7 Å². The van der Waals surface area contributed by atoms with Gasteiger partial charge in [0.25, 0.3) is 11.8 Å². The van der Waals surface area contributed by atoms with Gasteiger partial charge in [-0.3, -0.25) is 24.5 Å². The molecule has 12 heteroatoms. The molecule has 1 fully saturated rings. The Bertz CT molecular complexity index is 1220. The van der Waals surface area contributed by atoms with Gasteiger partial charge >= 0.3 is 6.18 Å². The number of carbonyl (C=O) groups is 4. The average molecular weight is 498 g/mol. The van der Waals surface area contributed by atoms with Crippen LogP contribution >= 0.6 is 11.6 Å². The highest BCUT2D eigenvalue weighted by atomic mass is 35.5. The van der Waals surface area contributed by atoms with E-state index in [2.05, 4.69) is 5.32 Å². The fraction of sp³-hybridized carbons (Fsp3) is 0.273. The molecule has 4 amide bonds. The number of benzene rings is 2. The van der Waals surface area contributed by atoms with E-state index in [0.29, 0.717) is 11.6 Å². The number of carbonyl (C=O) groups excluding carboxylic acids is 4. The Kier molecular flexibility index (Phi) is 6.07. The minimum Gasteiger partial charge on any atom is -0.337 e. The first-order valence-corrected chi connectivity index (χ1v) is 10.4. The van der Waals surface area contributed by atoms with Crippen molar-refractivity contribution < 1.29 is 36.7 Å².